The van der Waals surface area contributed by atoms with Crippen LogP contribution in [0.3, 0.4) is 0 Å². The summed E-state index contributed by atoms with van der Waals surface area (Å²) in [6, 6.07) is 6.04. The van der Waals surface area contributed by atoms with Crippen LogP contribution in [0.2, 0.25) is 5.02 Å². The molecule has 0 heterocycles. The SMILES string of the molecule is CCS(=O)CCNCc1ccc(C)cc1Cl. The monoisotopic (exact) mass is 259 g/mol. The Morgan fingerprint density at radius 2 is 2.19 bits per heavy atom. The lowest BCUT2D eigenvalue weighted by molar-refractivity contribution is 0.674. The van der Waals surface area contributed by atoms with Gasteiger partial charge in [-0.05, 0) is 24.1 Å². The largest absolute Gasteiger partial charge is 0.312 e. The van der Waals surface area contributed by atoms with E-state index in [0.717, 1.165) is 29.4 Å². The van der Waals surface area contributed by atoms with Crippen LogP contribution in [0, 0.1) is 6.92 Å². The van der Waals surface area contributed by atoms with Gasteiger partial charge in [0, 0.05) is 40.4 Å². The molecule has 1 N–H and O–H groups in total. The van der Waals surface area contributed by atoms with Crippen LogP contribution in [0.15, 0.2) is 18.2 Å². The summed E-state index contributed by atoms with van der Waals surface area (Å²) in [5.41, 5.74) is 2.26. The summed E-state index contributed by atoms with van der Waals surface area (Å²) in [5, 5.41) is 4.05. The first-order chi connectivity index (χ1) is 7.63. The first-order valence-electron chi connectivity index (χ1n) is 5.44. The minimum absolute atomic E-state index is 0.689. The minimum Gasteiger partial charge on any atom is -0.312 e. The molecule has 0 fully saturated rings. The van der Waals surface area contributed by atoms with E-state index in [1.165, 1.54) is 5.56 Å². The van der Waals surface area contributed by atoms with Gasteiger partial charge in [-0.25, -0.2) is 0 Å². The molecule has 1 aromatic carbocycles. The Hall–Kier alpha value is -0.380. The zero-order valence-electron chi connectivity index (χ0n) is 9.75. The molecule has 0 spiro atoms. The zero-order valence-corrected chi connectivity index (χ0v) is 11.3. The van der Waals surface area contributed by atoms with E-state index in [-0.39, 0.29) is 0 Å². The first kappa shape index (κ1) is 13.7. The summed E-state index contributed by atoms with van der Waals surface area (Å²) in [6.45, 7) is 5.46. The van der Waals surface area contributed by atoms with Gasteiger partial charge in [-0.1, -0.05) is 30.7 Å². The van der Waals surface area contributed by atoms with Crippen molar-refractivity contribution in [3.8, 4) is 0 Å². The molecular weight excluding hydrogens is 242 g/mol. The smallest absolute Gasteiger partial charge is 0.0453 e. The maximum absolute atomic E-state index is 11.2. The Bertz CT molecular complexity index is 368. The van der Waals surface area contributed by atoms with Gasteiger partial charge in [0.2, 0.25) is 0 Å². The molecule has 0 saturated carbocycles. The number of benzene rings is 1. The maximum Gasteiger partial charge on any atom is 0.0453 e. The van der Waals surface area contributed by atoms with E-state index in [1.54, 1.807) is 0 Å². The molecule has 0 saturated heterocycles. The van der Waals surface area contributed by atoms with Crippen LogP contribution in [0.25, 0.3) is 0 Å². The van der Waals surface area contributed by atoms with E-state index in [4.69, 9.17) is 11.6 Å². The van der Waals surface area contributed by atoms with Gasteiger partial charge in [-0.3, -0.25) is 4.21 Å². The number of nitrogens with one attached hydrogen (secondary N) is 1. The molecule has 90 valence electrons. The van der Waals surface area contributed by atoms with E-state index >= 15 is 0 Å². The molecule has 1 aromatic rings. The Kier molecular flexibility index (Phi) is 6.03. The number of hydrogen-bond donors (Lipinski definition) is 1. The van der Waals surface area contributed by atoms with Gasteiger partial charge in [-0.15, -0.1) is 0 Å². The van der Waals surface area contributed by atoms with Crippen LogP contribution < -0.4 is 5.32 Å². The molecule has 0 aliphatic carbocycles. The molecule has 0 aliphatic rings. The van der Waals surface area contributed by atoms with Crippen molar-refractivity contribution in [3.63, 3.8) is 0 Å². The third-order valence-electron chi connectivity index (χ3n) is 2.35. The van der Waals surface area contributed by atoms with E-state index in [9.17, 15) is 4.21 Å². The van der Waals surface area contributed by atoms with Crippen LogP contribution in [0.4, 0.5) is 0 Å². The highest BCUT2D eigenvalue weighted by Gasteiger charge is 2.00. The Morgan fingerprint density at radius 3 is 2.81 bits per heavy atom. The highest BCUT2D eigenvalue weighted by atomic mass is 35.5. The number of halogens is 1. The fraction of sp³-hybridized carbons (Fsp3) is 0.500. The average molecular weight is 260 g/mol. The lowest BCUT2D eigenvalue weighted by atomic mass is 10.1. The van der Waals surface area contributed by atoms with Crippen LogP contribution in [0.1, 0.15) is 18.1 Å². The molecule has 1 atom stereocenters. The predicted molar refractivity (Wildman–Crippen MR) is 71.4 cm³/mol. The highest BCUT2D eigenvalue weighted by Crippen LogP contribution is 2.16. The molecule has 4 heteroatoms. The quantitative estimate of drug-likeness (QED) is 0.796. The maximum atomic E-state index is 11.2. The van der Waals surface area contributed by atoms with Gasteiger partial charge in [0.1, 0.15) is 0 Å². The summed E-state index contributed by atoms with van der Waals surface area (Å²) in [6.07, 6.45) is 0. The van der Waals surface area contributed by atoms with E-state index in [2.05, 4.69) is 5.32 Å². The topological polar surface area (TPSA) is 29.1 Å². The van der Waals surface area contributed by atoms with Crippen molar-refractivity contribution < 1.29 is 4.21 Å². The predicted octanol–water partition coefficient (Wildman–Crippen LogP) is 2.51. The van der Waals surface area contributed by atoms with Crippen LogP contribution in [0.5, 0.6) is 0 Å². The van der Waals surface area contributed by atoms with Crippen molar-refractivity contribution in [2.75, 3.05) is 18.1 Å². The van der Waals surface area contributed by atoms with Crippen molar-refractivity contribution in [1.29, 1.82) is 0 Å². The summed E-state index contributed by atoms with van der Waals surface area (Å²) in [5.74, 6) is 1.44. The molecule has 0 radical (unpaired) electrons. The fourth-order valence-electron chi connectivity index (χ4n) is 1.35. The summed E-state index contributed by atoms with van der Waals surface area (Å²) in [4.78, 5) is 0. The lowest BCUT2D eigenvalue weighted by Gasteiger charge is -2.07. The van der Waals surface area contributed by atoms with Gasteiger partial charge >= 0.3 is 0 Å². The molecule has 0 aromatic heterocycles. The fourth-order valence-corrected chi connectivity index (χ4v) is 2.31. The molecule has 0 bridgehead atoms. The Morgan fingerprint density at radius 1 is 1.44 bits per heavy atom. The van der Waals surface area contributed by atoms with Crippen molar-refractivity contribution in [3.05, 3.63) is 34.3 Å². The highest BCUT2D eigenvalue weighted by molar-refractivity contribution is 7.84. The number of hydrogen-bond acceptors (Lipinski definition) is 2. The standard InChI is InChI=1S/C12H18ClNOS/c1-3-16(15)7-6-14-9-11-5-4-10(2)8-12(11)13/h4-5,8,14H,3,6-7,9H2,1-2H3. The van der Waals surface area contributed by atoms with Crippen LogP contribution in [-0.4, -0.2) is 22.3 Å². The van der Waals surface area contributed by atoms with Gasteiger partial charge in [0.25, 0.3) is 0 Å². The second-order valence-electron chi connectivity index (χ2n) is 3.70. The normalized spacial score (nSPS) is 12.7. The van der Waals surface area contributed by atoms with Gasteiger partial charge in [0.15, 0.2) is 0 Å². The molecule has 1 unspecified atom stereocenters. The second kappa shape index (κ2) is 7.05. The molecule has 0 aliphatic heterocycles. The Labute approximate surface area is 105 Å². The van der Waals surface area contributed by atoms with Crippen LogP contribution >= 0.6 is 11.6 Å². The third-order valence-corrected chi connectivity index (χ3v) is 4.01. The van der Waals surface area contributed by atoms with Crippen molar-refractivity contribution in [2.45, 2.75) is 20.4 Å². The number of aryl methyl sites for hydroxylation is 1. The molecule has 1 rings (SSSR count). The Balaban J connectivity index is 2.35. The third kappa shape index (κ3) is 4.64. The van der Waals surface area contributed by atoms with E-state index in [1.807, 2.05) is 32.0 Å². The molecule has 16 heavy (non-hydrogen) atoms. The van der Waals surface area contributed by atoms with Crippen molar-refractivity contribution in [1.82, 2.24) is 5.32 Å². The van der Waals surface area contributed by atoms with Crippen LogP contribution in [-0.2, 0) is 17.3 Å². The van der Waals surface area contributed by atoms with Crippen molar-refractivity contribution >= 4 is 22.4 Å². The lowest BCUT2D eigenvalue weighted by Crippen LogP contribution is -2.20. The van der Waals surface area contributed by atoms with Crippen molar-refractivity contribution in [2.24, 2.45) is 0 Å². The van der Waals surface area contributed by atoms with Gasteiger partial charge < -0.3 is 5.32 Å². The summed E-state index contributed by atoms with van der Waals surface area (Å²) >= 11 is 6.10. The summed E-state index contributed by atoms with van der Waals surface area (Å²) < 4.78 is 11.2. The zero-order chi connectivity index (χ0) is 12.0. The van der Waals surface area contributed by atoms with E-state index < -0.39 is 10.8 Å². The number of rotatable bonds is 6. The van der Waals surface area contributed by atoms with Gasteiger partial charge in [0.05, 0.1) is 0 Å². The van der Waals surface area contributed by atoms with E-state index in [0.29, 0.717) is 5.75 Å². The van der Waals surface area contributed by atoms with Gasteiger partial charge in [-0.2, -0.15) is 0 Å². The molecule has 2 nitrogen and oxygen atoms in total. The molecule has 0 amide bonds. The average Bonchev–Trinajstić information content (AvgIpc) is 2.26. The minimum atomic E-state index is -0.689. The second-order valence-corrected chi connectivity index (χ2v) is 5.98. The first-order valence-corrected chi connectivity index (χ1v) is 7.30. The summed E-state index contributed by atoms with van der Waals surface area (Å²) in [7, 11) is -0.689. The molecular formula is C12H18ClNOS.